The highest BCUT2D eigenvalue weighted by Crippen LogP contribution is 2.11. The molecule has 0 heterocycles. The number of aliphatic hydroxyl groups is 4. The average molecular weight is 446 g/mol. The zero-order valence-electron chi connectivity index (χ0n) is 16.5. The van der Waals surface area contributed by atoms with Crippen molar-refractivity contribution in [1.82, 2.24) is 0 Å². The minimum Gasteiger partial charge on any atom is -0.478 e. The van der Waals surface area contributed by atoms with Crippen LogP contribution in [0.5, 0.6) is 0 Å². The molecule has 12 nitrogen and oxygen atoms in total. The van der Waals surface area contributed by atoms with Gasteiger partial charge in [0.25, 0.3) is 0 Å². The molecule has 170 valence electrons. The van der Waals surface area contributed by atoms with Crippen LogP contribution >= 0.6 is 0 Å². The summed E-state index contributed by atoms with van der Waals surface area (Å²) in [7, 11) is 0. The maximum Gasteiger partial charge on any atom is 0.335 e. The molecule has 0 aliphatic carbocycles. The van der Waals surface area contributed by atoms with E-state index in [4.69, 9.17) is 15.3 Å². The van der Waals surface area contributed by atoms with Crippen LogP contribution < -0.4 is 10.9 Å². The highest BCUT2D eigenvalue weighted by Gasteiger charge is 2.28. The predicted octanol–water partition coefficient (Wildman–Crippen LogP) is 0.0238. The van der Waals surface area contributed by atoms with Crippen LogP contribution in [-0.2, 0) is 0 Å². The lowest BCUT2D eigenvalue weighted by Gasteiger charge is -2.21. The molecule has 0 saturated carbocycles. The standard InChI is InChI=1S/C20H22N4O8/c25-10-16(26)18(28)17(27)15(24-23-14-7-3-12(4-8-14)20(31)32)9-21-22-13-5-1-11(2-6-13)19(29)30/h1-9,16-18,22-23,25-28H,10H2,(H,29,30)(H,31,32)/b21-9+,24-15-/t16-,17-,18-/m0/s1. The summed E-state index contributed by atoms with van der Waals surface area (Å²) in [5, 5.41) is 64.5. The van der Waals surface area contributed by atoms with E-state index in [1.165, 1.54) is 48.5 Å². The Balaban J connectivity index is 2.18. The van der Waals surface area contributed by atoms with E-state index < -0.39 is 36.9 Å². The monoisotopic (exact) mass is 446 g/mol. The van der Waals surface area contributed by atoms with Crippen molar-refractivity contribution in [2.24, 2.45) is 10.2 Å². The van der Waals surface area contributed by atoms with Gasteiger partial charge in [0.15, 0.2) is 0 Å². The van der Waals surface area contributed by atoms with Gasteiger partial charge in [-0.2, -0.15) is 10.2 Å². The molecule has 8 N–H and O–H groups in total. The normalized spacial score (nSPS) is 14.6. The van der Waals surface area contributed by atoms with E-state index >= 15 is 0 Å². The second-order valence-electron chi connectivity index (χ2n) is 6.47. The first-order valence-electron chi connectivity index (χ1n) is 9.17. The fourth-order valence-corrected chi connectivity index (χ4v) is 2.34. The van der Waals surface area contributed by atoms with Crippen molar-refractivity contribution in [2.45, 2.75) is 18.3 Å². The Bertz CT molecular complexity index is 976. The summed E-state index contributed by atoms with van der Waals surface area (Å²) in [6.07, 6.45) is -4.13. The highest BCUT2D eigenvalue weighted by molar-refractivity contribution is 6.33. The molecule has 3 atom stereocenters. The maximum absolute atomic E-state index is 10.9. The van der Waals surface area contributed by atoms with E-state index in [2.05, 4.69) is 21.1 Å². The maximum atomic E-state index is 10.9. The molecule has 0 fully saturated rings. The first kappa shape index (κ1) is 24.4. The van der Waals surface area contributed by atoms with Crippen molar-refractivity contribution in [3.05, 3.63) is 59.7 Å². The quantitative estimate of drug-likeness (QED) is 0.172. The van der Waals surface area contributed by atoms with Crippen molar-refractivity contribution >= 4 is 35.2 Å². The molecule has 0 amide bonds. The number of benzene rings is 2. The molecular formula is C20H22N4O8. The van der Waals surface area contributed by atoms with E-state index in [0.717, 1.165) is 6.21 Å². The molecule has 32 heavy (non-hydrogen) atoms. The number of hydrazone groups is 2. The molecule has 2 aromatic carbocycles. The number of aliphatic hydroxyl groups excluding tert-OH is 4. The highest BCUT2D eigenvalue weighted by atomic mass is 16.4. The van der Waals surface area contributed by atoms with Gasteiger partial charge in [-0.3, -0.25) is 10.9 Å². The zero-order chi connectivity index (χ0) is 23.7. The number of anilines is 2. The lowest BCUT2D eigenvalue weighted by atomic mass is 10.0. The third kappa shape index (κ3) is 6.85. The molecule has 0 spiro atoms. The van der Waals surface area contributed by atoms with Gasteiger partial charge in [0.05, 0.1) is 35.3 Å². The molecule has 0 bridgehead atoms. The van der Waals surface area contributed by atoms with E-state index in [0.29, 0.717) is 11.4 Å². The summed E-state index contributed by atoms with van der Waals surface area (Å²) in [6.45, 7) is -0.805. The second kappa shape index (κ2) is 11.5. The summed E-state index contributed by atoms with van der Waals surface area (Å²) >= 11 is 0. The van der Waals surface area contributed by atoms with Gasteiger partial charge in [0.1, 0.15) is 24.0 Å². The van der Waals surface area contributed by atoms with Crippen molar-refractivity contribution in [3.8, 4) is 0 Å². The van der Waals surface area contributed by atoms with Gasteiger partial charge >= 0.3 is 11.9 Å². The Morgan fingerprint density at radius 1 is 0.844 bits per heavy atom. The van der Waals surface area contributed by atoms with Crippen LogP contribution in [0.4, 0.5) is 11.4 Å². The summed E-state index contributed by atoms with van der Waals surface area (Å²) in [6, 6.07) is 11.1. The van der Waals surface area contributed by atoms with Gasteiger partial charge < -0.3 is 30.6 Å². The number of aromatic carboxylic acids is 2. The van der Waals surface area contributed by atoms with Gasteiger partial charge in [0, 0.05) is 0 Å². The molecule has 0 unspecified atom stereocenters. The van der Waals surface area contributed by atoms with Gasteiger partial charge in [-0.1, -0.05) is 0 Å². The number of nitrogens with zero attached hydrogens (tertiary/aromatic N) is 2. The van der Waals surface area contributed by atoms with Crippen LogP contribution in [0.1, 0.15) is 20.7 Å². The van der Waals surface area contributed by atoms with Crippen LogP contribution in [0.25, 0.3) is 0 Å². The molecule has 0 saturated heterocycles. The third-order valence-corrected chi connectivity index (χ3v) is 4.18. The number of hydrogen-bond donors (Lipinski definition) is 8. The summed E-state index contributed by atoms with van der Waals surface area (Å²) in [5.41, 5.74) is 5.85. The van der Waals surface area contributed by atoms with Crippen molar-refractivity contribution in [3.63, 3.8) is 0 Å². The second-order valence-corrected chi connectivity index (χ2v) is 6.47. The lowest BCUT2D eigenvalue weighted by Crippen LogP contribution is -2.44. The fraction of sp³-hybridized carbons (Fsp3) is 0.200. The van der Waals surface area contributed by atoms with Crippen LogP contribution in [0.3, 0.4) is 0 Å². The SMILES string of the molecule is O=C(O)c1ccc(N/N=C(/C=N/Nc2ccc(C(=O)O)cc2)[C@H](O)[C@@H](O)[C@@H](O)CO)cc1. The third-order valence-electron chi connectivity index (χ3n) is 4.18. The van der Waals surface area contributed by atoms with Gasteiger partial charge in [0.2, 0.25) is 0 Å². The van der Waals surface area contributed by atoms with Crippen LogP contribution in [0, 0.1) is 0 Å². The Hall–Kier alpha value is -3.84. The van der Waals surface area contributed by atoms with Crippen LogP contribution in [0.2, 0.25) is 0 Å². The van der Waals surface area contributed by atoms with Crippen LogP contribution in [0.15, 0.2) is 58.7 Å². The number of nitrogens with one attached hydrogen (secondary N) is 2. The number of carbonyl (C=O) groups is 2. The minimum atomic E-state index is -1.78. The smallest absolute Gasteiger partial charge is 0.335 e. The number of rotatable bonds is 11. The number of hydrogen-bond acceptors (Lipinski definition) is 10. The molecule has 2 aromatic rings. The average Bonchev–Trinajstić information content (AvgIpc) is 2.80. The number of carboxylic acids is 2. The Labute approximate surface area is 181 Å². The van der Waals surface area contributed by atoms with Gasteiger partial charge in [-0.15, -0.1) is 0 Å². The predicted molar refractivity (Wildman–Crippen MR) is 115 cm³/mol. The first-order chi connectivity index (χ1) is 15.2. The molecule has 2 rings (SSSR count). The van der Waals surface area contributed by atoms with E-state index in [1.54, 1.807) is 0 Å². The molecule has 0 aromatic heterocycles. The van der Waals surface area contributed by atoms with Crippen molar-refractivity contribution < 1.29 is 40.2 Å². The van der Waals surface area contributed by atoms with E-state index in [9.17, 15) is 24.9 Å². The van der Waals surface area contributed by atoms with Crippen molar-refractivity contribution in [1.29, 1.82) is 0 Å². The molecule has 0 aliphatic heterocycles. The van der Waals surface area contributed by atoms with E-state index in [-0.39, 0.29) is 16.8 Å². The molecular weight excluding hydrogens is 424 g/mol. The Morgan fingerprint density at radius 3 is 1.75 bits per heavy atom. The lowest BCUT2D eigenvalue weighted by molar-refractivity contribution is -0.0548. The van der Waals surface area contributed by atoms with E-state index in [1.807, 2.05) is 0 Å². The Morgan fingerprint density at radius 2 is 1.31 bits per heavy atom. The number of carboxylic acid groups (broad SMARTS) is 2. The van der Waals surface area contributed by atoms with Crippen molar-refractivity contribution in [2.75, 3.05) is 17.5 Å². The molecule has 12 heteroatoms. The van der Waals surface area contributed by atoms with Gasteiger partial charge in [-0.25, -0.2) is 9.59 Å². The largest absolute Gasteiger partial charge is 0.478 e. The summed E-state index contributed by atoms with van der Waals surface area (Å²) in [4.78, 5) is 21.8. The summed E-state index contributed by atoms with van der Waals surface area (Å²) in [5.74, 6) is -2.19. The van der Waals surface area contributed by atoms with Gasteiger partial charge in [-0.05, 0) is 48.5 Å². The topological polar surface area (TPSA) is 204 Å². The molecule has 0 aliphatic rings. The van der Waals surface area contributed by atoms with Crippen LogP contribution in [-0.4, -0.2) is 79.4 Å². The zero-order valence-corrected chi connectivity index (χ0v) is 16.5. The summed E-state index contributed by atoms with van der Waals surface area (Å²) < 4.78 is 0. The minimum absolute atomic E-state index is 0.0564. The fourth-order valence-electron chi connectivity index (χ4n) is 2.34. The molecule has 0 radical (unpaired) electrons. The Kier molecular flexibility index (Phi) is 8.80. The first-order valence-corrected chi connectivity index (χ1v) is 9.17.